The predicted molar refractivity (Wildman–Crippen MR) is 62.7 cm³/mol. The van der Waals surface area contributed by atoms with Crippen LogP contribution in [0.3, 0.4) is 0 Å². The fourth-order valence-electron chi connectivity index (χ4n) is 2.99. The molecular formula is C13H25NO. The van der Waals surface area contributed by atoms with Crippen molar-refractivity contribution >= 4 is 0 Å². The molecule has 0 saturated heterocycles. The number of rotatable bonds is 2. The van der Waals surface area contributed by atoms with Gasteiger partial charge in [0.05, 0.1) is 12.2 Å². The minimum atomic E-state index is 0.305. The summed E-state index contributed by atoms with van der Waals surface area (Å²) in [4.78, 5) is 0. The molecule has 0 aromatic rings. The molecule has 2 fully saturated rings. The van der Waals surface area contributed by atoms with E-state index in [1.165, 1.54) is 32.1 Å². The van der Waals surface area contributed by atoms with Gasteiger partial charge in [0.1, 0.15) is 0 Å². The zero-order valence-corrected chi connectivity index (χ0v) is 10.1. The summed E-state index contributed by atoms with van der Waals surface area (Å²) in [6.07, 6.45) is 8.25. The molecule has 88 valence electrons. The van der Waals surface area contributed by atoms with Crippen molar-refractivity contribution in [2.24, 2.45) is 17.6 Å². The average molecular weight is 211 g/mol. The first-order valence-electron chi connectivity index (χ1n) is 6.58. The highest BCUT2D eigenvalue weighted by Crippen LogP contribution is 2.33. The molecule has 0 aromatic carbocycles. The van der Waals surface area contributed by atoms with Gasteiger partial charge in [-0.3, -0.25) is 0 Å². The molecule has 2 saturated carbocycles. The molecule has 5 atom stereocenters. The van der Waals surface area contributed by atoms with Crippen LogP contribution in [0.15, 0.2) is 0 Å². The van der Waals surface area contributed by atoms with Crippen molar-refractivity contribution < 1.29 is 4.74 Å². The Morgan fingerprint density at radius 3 is 2.40 bits per heavy atom. The van der Waals surface area contributed by atoms with E-state index in [9.17, 15) is 0 Å². The summed E-state index contributed by atoms with van der Waals surface area (Å²) < 4.78 is 6.16. The van der Waals surface area contributed by atoms with Crippen LogP contribution in [0.5, 0.6) is 0 Å². The van der Waals surface area contributed by atoms with E-state index in [-0.39, 0.29) is 0 Å². The number of hydrogen-bond donors (Lipinski definition) is 1. The van der Waals surface area contributed by atoms with Gasteiger partial charge in [0.2, 0.25) is 0 Å². The van der Waals surface area contributed by atoms with Crippen LogP contribution in [0.25, 0.3) is 0 Å². The quantitative estimate of drug-likeness (QED) is 0.762. The van der Waals surface area contributed by atoms with Crippen LogP contribution in [0.4, 0.5) is 0 Å². The highest BCUT2D eigenvalue weighted by molar-refractivity contribution is 4.84. The maximum atomic E-state index is 6.16. The van der Waals surface area contributed by atoms with Crippen LogP contribution in [-0.4, -0.2) is 18.2 Å². The van der Waals surface area contributed by atoms with Gasteiger partial charge in [-0.05, 0) is 50.4 Å². The second kappa shape index (κ2) is 4.84. The fourth-order valence-corrected chi connectivity index (χ4v) is 2.99. The van der Waals surface area contributed by atoms with Crippen LogP contribution >= 0.6 is 0 Å². The third-order valence-electron chi connectivity index (χ3n) is 4.42. The molecule has 0 aromatic heterocycles. The summed E-state index contributed by atoms with van der Waals surface area (Å²) in [5.41, 5.74) is 6.03. The van der Waals surface area contributed by atoms with Gasteiger partial charge in [-0.2, -0.15) is 0 Å². The zero-order chi connectivity index (χ0) is 10.8. The van der Waals surface area contributed by atoms with Crippen molar-refractivity contribution in [1.82, 2.24) is 0 Å². The number of nitrogens with two attached hydrogens (primary N) is 1. The van der Waals surface area contributed by atoms with Gasteiger partial charge in [0.25, 0.3) is 0 Å². The summed E-state index contributed by atoms with van der Waals surface area (Å²) in [7, 11) is 0. The summed E-state index contributed by atoms with van der Waals surface area (Å²) in [5.74, 6) is 1.70. The van der Waals surface area contributed by atoms with E-state index < -0.39 is 0 Å². The van der Waals surface area contributed by atoms with Gasteiger partial charge in [-0.25, -0.2) is 0 Å². The Labute approximate surface area is 93.6 Å². The highest BCUT2D eigenvalue weighted by Gasteiger charge is 2.31. The molecule has 2 rings (SSSR count). The molecule has 0 radical (unpaired) electrons. The van der Waals surface area contributed by atoms with Crippen molar-refractivity contribution in [3.63, 3.8) is 0 Å². The molecule has 0 amide bonds. The summed E-state index contributed by atoms with van der Waals surface area (Å²) in [5, 5.41) is 0. The largest absolute Gasteiger partial charge is 0.373 e. The molecule has 5 unspecified atom stereocenters. The van der Waals surface area contributed by atoms with E-state index >= 15 is 0 Å². The molecule has 2 aliphatic carbocycles. The van der Waals surface area contributed by atoms with Gasteiger partial charge in [-0.15, -0.1) is 0 Å². The Hall–Kier alpha value is -0.0800. The maximum Gasteiger partial charge on any atom is 0.0729 e. The molecule has 0 aliphatic heterocycles. The smallest absolute Gasteiger partial charge is 0.0729 e. The average Bonchev–Trinajstić information content (AvgIpc) is 2.59. The number of hydrogen-bond acceptors (Lipinski definition) is 2. The van der Waals surface area contributed by atoms with E-state index in [1.54, 1.807) is 0 Å². The van der Waals surface area contributed by atoms with Gasteiger partial charge >= 0.3 is 0 Å². The van der Waals surface area contributed by atoms with E-state index in [2.05, 4.69) is 13.8 Å². The van der Waals surface area contributed by atoms with Crippen molar-refractivity contribution in [3.8, 4) is 0 Å². The van der Waals surface area contributed by atoms with E-state index in [0.29, 0.717) is 18.2 Å². The van der Waals surface area contributed by atoms with Gasteiger partial charge in [0.15, 0.2) is 0 Å². The van der Waals surface area contributed by atoms with Crippen LogP contribution in [0.2, 0.25) is 0 Å². The summed E-state index contributed by atoms with van der Waals surface area (Å²) in [6, 6.07) is 0.305. The third-order valence-corrected chi connectivity index (χ3v) is 4.42. The van der Waals surface area contributed by atoms with E-state index in [4.69, 9.17) is 10.5 Å². The molecule has 0 heterocycles. The van der Waals surface area contributed by atoms with Crippen LogP contribution in [0.1, 0.15) is 52.4 Å². The first kappa shape index (κ1) is 11.4. The van der Waals surface area contributed by atoms with Crippen molar-refractivity contribution in [2.75, 3.05) is 0 Å². The van der Waals surface area contributed by atoms with Crippen molar-refractivity contribution in [3.05, 3.63) is 0 Å². The van der Waals surface area contributed by atoms with E-state index in [0.717, 1.165) is 18.3 Å². The third kappa shape index (κ3) is 2.73. The lowest BCUT2D eigenvalue weighted by atomic mass is 9.80. The van der Waals surface area contributed by atoms with E-state index in [1.807, 2.05) is 0 Å². The van der Waals surface area contributed by atoms with Gasteiger partial charge in [-0.1, -0.05) is 13.8 Å². The standard InChI is InChI=1S/C13H25NO/c1-9-6-7-11(8-10(9)2)15-13-5-3-4-12(13)14/h9-13H,3-8,14H2,1-2H3. The van der Waals surface area contributed by atoms with Crippen LogP contribution in [-0.2, 0) is 4.74 Å². The number of ether oxygens (including phenoxy) is 1. The maximum absolute atomic E-state index is 6.16. The molecule has 15 heavy (non-hydrogen) atoms. The predicted octanol–water partition coefficient (Wildman–Crippen LogP) is 2.71. The molecule has 2 nitrogen and oxygen atoms in total. The Kier molecular flexibility index (Phi) is 3.68. The van der Waals surface area contributed by atoms with Gasteiger partial charge < -0.3 is 10.5 Å². The minimum Gasteiger partial charge on any atom is -0.373 e. The van der Waals surface area contributed by atoms with Crippen LogP contribution in [0, 0.1) is 11.8 Å². The van der Waals surface area contributed by atoms with Crippen LogP contribution < -0.4 is 5.73 Å². The lowest BCUT2D eigenvalue weighted by Gasteiger charge is -2.34. The Balaban J connectivity index is 1.80. The summed E-state index contributed by atoms with van der Waals surface area (Å²) in [6.45, 7) is 4.72. The molecule has 0 bridgehead atoms. The summed E-state index contributed by atoms with van der Waals surface area (Å²) >= 11 is 0. The zero-order valence-electron chi connectivity index (χ0n) is 10.1. The molecular weight excluding hydrogens is 186 g/mol. The van der Waals surface area contributed by atoms with Crippen molar-refractivity contribution in [2.45, 2.75) is 70.6 Å². The highest BCUT2D eigenvalue weighted by atomic mass is 16.5. The SMILES string of the molecule is CC1CCC(OC2CCCC2N)CC1C. The molecule has 2 N–H and O–H groups in total. The monoisotopic (exact) mass is 211 g/mol. The lowest BCUT2D eigenvalue weighted by molar-refractivity contribution is -0.0494. The van der Waals surface area contributed by atoms with Gasteiger partial charge in [0, 0.05) is 6.04 Å². The Morgan fingerprint density at radius 2 is 1.80 bits per heavy atom. The molecule has 2 aliphatic rings. The normalized spacial score (nSPS) is 47.0. The Morgan fingerprint density at radius 1 is 1.00 bits per heavy atom. The minimum absolute atomic E-state index is 0.305. The first-order chi connectivity index (χ1) is 7.16. The Bertz CT molecular complexity index is 207. The lowest BCUT2D eigenvalue weighted by Crippen LogP contribution is -2.37. The van der Waals surface area contributed by atoms with Crippen molar-refractivity contribution in [1.29, 1.82) is 0 Å². The molecule has 0 spiro atoms. The topological polar surface area (TPSA) is 35.2 Å². The fraction of sp³-hybridized carbons (Fsp3) is 1.00. The molecule has 2 heteroatoms. The first-order valence-corrected chi connectivity index (χ1v) is 6.58. The second-order valence-corrected chi connectivity index (χ2v) is 5.66. The second-order valence-electron chi connectivity index (χ2n) is 5.66.